The summed E-state index contributed by atoms with van der Waals surface area (Å²) >= 11 is 0. The molecule has 1 N–H and O–H groups in total. The summed E-state index contributed by atoms with van der Waals surface area (Å²) in [5.74, 6) is 0.377. The summed E-state index contributed by atoms with van der Waals surface area (Å²) in [6, 6.07) is 10.3. The van der Waals surface area contributed by atoms with Crippen molar-refractivity contribution in [2.24, 2.45) is 0 Å². The van der Waals surface area contributed by atoms with Crippen LogP contribution in [0, 0.1) is 0 Å². The van der Waals surface area contributed by atoms with Crippen LogP contribution in [0.3, 0.4) is 0 Å². The van der Waals surface area contributed by atoms with Gasteiger partial charge in [0.15, 0.2) is 5.65 Å². The third-order valence-electron chi connectivity index (χ3n) is 5.11. The predicted octanol–water partition coefficient (Wildman–Crippen LogP) is 3.60. The molecule has 0 aliphatic carbocycles. The van der Waals surface area contributed by atoms with Gasteiger partial charge in [0.25, 0.3) is 0 Å². The van der Waals surface area contributed by atoms with Crippen LogP contribution in [0.1, 0.15) is 31.4 Å². The van der Waals surface area contributed by atoms with E-state index < -0.39 is 0 Å². The Hall–Kier alpha value is -3.02. The molecule has 4 heterocycles. The molecule has 0 aromatic carbocycles. The molecular weight excluding hydrogens is 338 g/mol. The Bertz CT molecular complexity index is 936. The van der Waals surface area contributed by atoms with Crippen LogP contribution < -0.4 is 5.32 Å². The van der Waals surface area contributed by atoms with Gasteiger partial charge in [-0.05, 0) is 55.7 Å². The third-order valence-corrected chi connectivity index (χ3v) is 5.11. The van der Waals surface area contributed by atoms with Crippen molar-refractivity contribution >= 4 is 17.1 Å². The summed E-state index contributed by atoms with van der Waals surface area (Å²) in [7, 11) is 0. The van der Waals surface area contributed by atoms with Gasteiger partial charge in [-0.25, -0.2) is 14.8 Å². The molecule has 1 saturated heterocycles. The van der Waals surface area contributed by atoms with Crippen molar-refractivity contribution < 1.29 is 4.79 Å². The largest absolute Gasteiger partial charge is 0.338 e. The van der Waals surface area contributed by atoms with Crippen molar-refractivity contribution in [1.82, 2.24) is 25.2 Å². The minimum Gasteiger partial charge on any atom is -0.338 e. The fourth-order valence-electron chi connectivity index (χ4n) is 3.60. The molecular formula is C21H23N5O. The Morgan fingerprint density at radius 1 is 1.15 bits per heavy atom. The molecule has 0 bridgehead atoms. The number of rotatable bonds is 3. The highest BCUT2D eigenvalue weighted by Gasteiger charge is 2.24. The number of pyridine rings is 3. The number of fused-ring (bicyclic) bond motifs is 1. The number of amides is 2. The minimum atomic E-state index is 0.0349. The van der Waals surface area contributed by atoms with Crippen molar-refractivity contribution in [1.29, 1.82) is 0 Å². The number of aromatic nitrogens is 3. The first kappa shape index (κ1) is 17.4. The lowest BCUT2D eigenvalue weighted by atomic mass is 9.93. The number of likely N-dealkylation sites (tertiary alicyclic amines) is 1. The molecule has 27 heavy (non-hydrogen) atoms. The van der Waals surface area contributed by atoms with E-state index in [2.05, 4.69) is 33.5 Å². The Morgan fingerprint density at radius 2 is 1.93 bits per heavy atom. The lowest BCUT2D eigenvalue weighted by Gasteiger charge is -2.31. The third kappa shape index (κ3) is 3.74. The van der Waals surface area contributed by atoms with Crippen LogP contribution in [0.2, 0.25) is 0 Å². The van der Waals surface area contributed by atoms with Crippen LogP contribution in [-0.4, -0.2) is 45.5 Å². The molecule has 1 aliphatic rings. The second kappa shape index (κ2) is 7.70. The average Bonchev–Trinajstić information content (AvgIpc) is 2.74. The van der Waals surface area contributed by atoms with E-state index in [9.17, 15) is 4.79 Å². The Morgan fingerprint density at radius 3 is 2.67 bits per heavy atom. The van der Waals surface area contributed by atoms with E-state index in [1.165, 1.54) is 0 Å². The van der Waals surface area contributed by atoms with Crippen LogP contribution >= 0.6 is 0 Å². The molecule has 0 atom stereocenters. The van der Waals surface area contributed by atoms with Crippen molar-refractivity contribution in [2.75, 3.05) is 19.6 Å². The van der Waals surface area contributed by atoms with E-state index in [1.54, 1.807) is 12.4 Å². The fourth-order valence-corrected chi connectivity index (χ4v) is 3.60. The highest BCUT2D eigenvalue weighted by atomic mass is 16.2. The quantitative estimate of drug-likeness (QED) is 0.774. The maximum Gasteiger partial charge on any atom is 0.317 e. The summed E-state index contributed by atoms with van der Waals surface area (Å²) in [6.07, 6.45) is 7.31. The monoisotopic (exact) mass is 361 g/mol. The summed E-state index contributed by atoms with van der Waals surface area (Å²) < 4.78 is 0. The molecule has 1 fully saturated rings. The Balaban J connectivity index is 1.50. The van der Waals surface area contributed by atoms with Gasteiger partial charge in [0, 0.05) is 60.8 Å². The summed E-state index contributed by atoms with van der Waals surface area (Å²) in [4.78, 5) is 27.3. The van der Waals surface area contributed by atoms with E-state index in [0.29, 0.717) is 12.5 Å². The topological polar surface area (TPSA) is 71.0 Å². The van der Waals surface area contributed by atoms with Gasteiger partial charge in [-0.2, -0.15) is 0 Å². The standard InChI is InChI=1S/C21H23N5O/c1-2-23-21(27)26-11-7-16(8-12-26)19-4-3-17-13-18(14-24-20(17)25-19)15-5-9-22-10-6-15/h3-6,9-10,13-14,16H,2,7-8,11-12H2,1H3,(H,23,27). The maximum absolute atomic E-state index is 12.0. The smallest absolute Gasteiger partial charge is 0.317 e. The van der Waals surface area contributed by atoms with Crippen molar-refractivity contribution in [2.45, 2.75) is 25.7 Å². The molecule has 6 heteroatoms. The van der Waals surface area contributed by atoms with Gasteiger partial charge in [-0.3, -0.25) is 4.98 Å². The number of carbonyl (C=O) groups is 1. The van der Waals surface area contributed by atoms with Gasteiger partial charge in [-0.1, -0.05) is 0 Å². The average molecular weight is 361 g/mol. The van der Waals surface area contributed by atoms with Crippen molar-refractivity contribution in [3.05, 3.63) is 54.6 Å². The second-order valence-electron chi connectivity index (χ2n) is 6.84. The first-order chi connectivity index (χ1) is 13.2. The SMILES string of the molecule is CCNC(=O)N1CCC(c2ccc3cc(-c4ccncc4)cnc3n2)CC1. The lowest BCUT2D eigenvalue weighted by Crippen LogP contribution is -2.44. The molecule has 3 aromatic heterocycles. The lowest BCUT2D eigenvalue weighted by molar-refractivity contribution is 0.181. The van der Waals surface area contributed by atoms with Gasteiger partial charge in [0.2, 0.25) is 0 Å². The highest BCUT2D eigenvalue weighted by molar-refractivity contribution is 5.80. The summed E-state index contributed by atoms with van der Waals surface area (Å²) in [5, 5.41) is 3.91. The molecule has 6 nitrogen and oxygen atoms in total. The van der Waals surface area contributed by atoms with E-state index in [-0.39, 0.29) is 6.03 Å². The van der Waals surface area contributed by atoms with Crippen LogP contribution in [0.15, 0.2) is 48.9 Å². The van der Waals surface area contributed by atoms with Gasteiger partial charge in [-0.15, -0.1) is 0 Å². The fraction of sp³-hybridized carbons (Fsp3) is 0.333. The first-order valence-corrected chi connectivity index (χ1v) is 9.44. The zero-order chi connectivity index (χ0) is 18.6. The Kier molecular flexibility index (Phi) is 4.96. The molecule has 0 unspecified atom stereocenters. The van der Waals surface area contributed by atoms with Crippen LogP contribution in [0.5, 0.6) is 0 Å². The molecule has 1 aliphatic heterocycles. The molecule has 0 saturated carbocycles. The first-order valence-electron chi connectivity index (χ1n) is 9.44. The molecule has 3 aromatic rings. The number of nitrogens with zero attached hydrogens (tertiary/aromatic N) is 4. The highest BCUT2D eigenvalue weighted by Crippen LogP contribution is 2.29. The number of urea groups is 1. The minimum absolute atomic E-state index is 0.0349. The van der Waals surface area contributed by atoms with Crippen LogP contribution in [-0.2, 0) is 0 Å². The van der Waals surface area contributed by atoms with Crippen molar-refractivity contribution in [3.8, 4) is 11.1 Å². The van der Waals surface area contributed by atoms with Crippen LogP contribution in [0.4, 0.5) is 4.79 Å². The summed E-state index contributed by atoms with van der Waals surface area (Å²) in [6.45, 7) is 4.14. The predicted molar refractivity (Wildman–Crippen MR) is 105 cm³/mol. The maximum atomic E-state index is 12.0. The van der Waals surface area contributed by atoms with Crippen LogP contribution in [0.25, 0.3) is 22.2 Å². The number of nitrogens with one attached hydrogen (secondary N) is 1. The van der Waals surface area contributed by atoms with E-state index in [4.69, 9.17) is 4.98 Å². The van der Waals surface area contributed by atoms with E-state index >= 15 is 0 Å². The van der Waals surface area contributed by atoms with Gasteiger partial charge in [0.1, 0.15) is 0 Å². The van der Waals surface area contributed by atoms with E-state index in [1.807, 2.05) is 30.2 Å². The number of hydrogen-bond donors (Lipinski definition) is 1. The molecule has 138 valence electrons. The molecule has 0 radical (unpaired) electrons. The van der Waals surface area contributed by atoms with Gasteiger partial charge >= 0.3 is 6.03 Å². The zero-order valence-corrected chi connectivity index (χ0v) is 15.4. The molecule has 4 rings (SSSR count). The normalized spacial score (nSPS) is 15.1. The number of hydrogen-bond acceptors (Lipinski definition) is 4. The molecule has 2 amide bonds. The molecule has 0 spiro atoms. The van der Waals surface area contributed by atoms with Crippen molar-refractivity contribution in [3.63, 3.8) is 0 Å². The Labute approximate surface area is 158 Å². The van der Waals surface area contributed by atoms with E-state index in [0.717, 1.165) is 53.8 Å². The zero-order valence-electron chi connectivity index (χ0n) is 15.4. The number of piperidine rings is 1. The number of carbonyl (C=O) groups excluding carboxylic acids is 1. The second-order valence-corrected chi connectivity index (χ2v) is 6.84. The van der Waals surface area contributed by atoms with Gasteiger partial charge < -0.3 is 10.2 Å². The van der Waals surface area contributed by atoms with Gasteiger partial charge in [0.05, 0.1) is 0 Å². The summed E-state index contributed by atoms with van der Waals surface area (Å²) in [5.41, 5.74) is 4.01.